The lowest BCUT2D eigenvalue weighted by atomic mass is 10.1. The number of nitrogens with zero attached hydrogens (tertiary/aromatic N) is 5. The van der Waals surface area contributed by atoms with E-state index >= 15 is 4.39 Å². The third kappa shape index (κ3) is 5.75. The molecule has 6 rings (SSSR count). The SMILES string of the molecule is N#Cc1ccc(COc2nccc(-c3ccc(Cc4nc5c(F)cc(C(=O)O)cc5n4C[C@@H]4CCO4)c(F)c3)n2)c(F)c1. The van der Waals surface area contributed by atoms with Gasteiger partial charge in [0.1, 0.15) is 29.6 Å². The average Bonchev–Trinajstić information content (AvgIpc) is 3.32. The Morgan fingerprint density at radius 2 is 1.84 bits per heavy atom. The highest BCUT2D eigenvalue weighted by molar-refractivity contribution is 5.92. The van der Waals surface area contributed by atoms with Crippen molar-refractivity contribution in [3.8, 4) is 23.3 Å². The van der Waals surface area contributed by atoms with Crippen molar-refractivity contribution in [1.29, 1.82) is 5.26 Å². The zero-order valence-electron chi connectivity index (χ0n) is 22.4. The van der Waals surface area contributed by atoms with Crippen LogP contribution >= 0.6 is 0 Å². The van der Waals surface area contributed by atoms with Crippen LogP contribution in [0.5, 0.6) is 6.01 Å². The van der Waals surface area contributed by atoms with E-state index in [4.69, 9.17) is 14.7 Å². The molecule has 3 aromatic carbocycles. The van der Waals surface area contributed by atoms with Gasteiger partial charge in [0.15, 0.2) is 5.82 Å². The normalized spacial score (nSPS) is 14.3. The second-order valence-electron chi connectivity index (χ2n) is 9.97. The molecule has 43 heavy (non-hydrogen) atoms. The van der Waals surface area contributed by atoms with E-state index in [9.17, 15) is 18.7 Å². The van der Waals surface area contributed by atoms with E-state index in [-0.39, 0.29) is 52.9 Å². The molecule has 0 unspecified atom stereocenters. The van der Waals surface area contributed by atoms with Crippen LogP contribution in [0.2, 0.25) is 0 Å². The van der Waals surface area contributed by atoms with Crippen LogP contribution in [0.25, 0.3) is 22.3 Å². The topological polar surface area (TPSA) is 123 Å². The summed E-state index contributed by atoms with van der Waals surface area (Å²) in [6.45, 7) is 0.749. The van der Waals surface area contributed by atoms with Crippen LogP contribution in [0.3, 0.4) is 0 Å². The fourth-order valence-corrected chi connectivity index (χ4v) is 4.79. The van der Waals surface area contributed by atoms with Gasteiger partial charge in [0.05, 0.1) is 41.1 Å². The Morgan fingerprint density at radius 1 is 1.05 bits per heavy atom. The predicted octanol–water partition coefficient (Wildman–Crippen LogP) is 5.44. The summed E-state index contributed by atoms with van der Waals surface area (Å²) in [6.07, 6.45) is 2.10. The lowest BCUT2D eigenvalue weighted by Gasteiger charge is -2.27. The zero-order valence-corrected chi connectivity index (χ0v) is 22.4. The molecule has 216 valence electrons. The Kier molecular flexibility index (Phi) is 7.48. The van der Waals surface area contributed by atoms with Crippen molar-refractivity contribution in [1.82, 2.24) is 19.5 Å². The number of imidazole rings is 1. The number of carboxylic acids is 1. The second-order valence-corrected chi connectivity index (χ2v) is 9.97. The number of aromatic nitrogens is 4. The molecular formula is C31H22F3N5O4. The molecule has 12 heteroatoms. The fraction of sp³-hybridized carbons (Fsp3) is 0.194. The molecular weight excluding hydrogens is 563 g/mol. The van der Waals surface area contributed by atoms with Gasteiger partial charge in [-0.1, -0.05) is 18.2 Å². The summed E-state index contributed by atoms with van der Waals surface area (Å²) >= 11 is 0. The number of aromatic carboxylic acids is 1. The molecule has 1 atom stereocenters. The Morgan fingerprint density at radius 3 is 2.53 bits per heavy atom. The first-order chi connectivity index (χ1) is 20.8. The molecule has 0 saturated carbocycles. The largest absolute Gasteiger partial charge is 0.478 e. The van der Waals surface area contributed by atoms with Gasteiger partial charge in [-0.05, 0) is 48.4 Å². The molecule has 0 aliphatic carbocycles. The van der Waals surface area contributed by atoms with Crippen molar-refractivity contribution in [3.63, 3.8) is 0 Å². The van der Waals surface area contributed by atoms with Crippen LogP contribution in [0.1, 0.15) is 39.3 Å². The lowest BCUT2D eigenvalue weighted by Crippen LogP contribution is -2.31. The molecule has 3 heterocycles. The molecule has 0 radical (unpaired) electrons. The van der Waals surface area contributed by atoms with Gasteiger partial charge in [0.25, 0.3) is 0 Å². The van der Waals surface area contributed by atoms with Gasteiger partial charge < -0.3 is 19.1 Å². The van der Waals surface area contributed by atoms with Crippen molar-refractivity contribution in [3.05, 3.63) is 106 Å². The Hall–Kier alpha value is -5.28. The van der Waals surface area contributed by atoms with Crippen molar-refractivity contribution in [2.45, 2.75) is 32.1 Å². The summed E-state index contributed by atoms with van der Waals surface area (Å²) < 4.78 is 57.2. The van der Waals surface area contributed by atoms with Gasteiger partial charge in [-0.15, -0.1) is 0 Å². The predicted molar refractivity (Wildman–Crippen MR) is 147 cm³/mol. The van der Waals surface area contributed by atoms with Crippen LogP contribution in [-0.4, -0.2) is 43.3 Å². The van der Waals surface area contributed by atoms with Crippen LogP contribution in [-0.2, 0) is 24.3 Å². The van der Waals surface area contributed by atoms with Gasteiger partial charge >= 0.3 is 12.0 Å². The molecule has 5 aromatic rings. The smallest absolute Gasteiger partial charge is 0.335 e. The maximum Gasteiger partial charge on any atom is 0.335 e. The molecule has 1 saturated heterocycles. The number of halogens is 3. The number of ether oxygens (including phenoxy) is 2. The van der Waals surface area contributed by atoms with Crippen molar-refractivity contribution < 1.29 is 32.5 Å². The van der Waals surface area contributed by atoms with Gasteiger partial charge in [-0.2, -0.15) is 10.2 Å². The molecule has 0 spiro atoms. The first-order valence-corrected chi connectivity index (χ1v) is 13.3. The highest BCUT2D eigenvalue weighted by Crippen LogP contribution is 2.28. The van der Waals surface area contributed by atoms with Crippen LogP contribution in [0, 0.1) is 28.8 Å². The summed E-state index contributed by atoms with van der Waals surface area (Å²) in [7, 11) is 0. The molecule has 0 amide bonds. The van der Waals surface area contributed by atoms with E-state index in [1.165, 1.54) is 30.5 Å². The van der Waals surface area contributed by atoms with E-state index in [0.717, 1.165) is 18.6 Å². The molecule has 0 bridgehead atoms. The number of carboxylic acid groups (broad SMARTS) is 1. The lowest BCUT2D eigenvalue weighted by molar-refractivity contribution is -0.0589. The van der Waals surface area contributed by atoms with Crippen molar-refractivity contribution in [2.75, 3.05) is 6.61 Å². The Balaban J connectivity index is 1.24. The van der Waals surface area contributed by atoms with E-state index in [2.05, 4.69) is 15.0 Å². The molecule has 1 aliphatic rings. The van der Waals surface area contributed by atoms with Crippen molar-refractivity contribution in [2.24, 2.45) is 0 Å². The average molecular weight is 586 g/mol. The maximum absolute atomic E-state index is 15.4. The minimum absolute atomic E-state index is 0.00533. The number of nitriles is 1. The van der Waals surface area contributed by atoms with E-state index < -0.39 is 23.4 Å². The first-order valence-electron chi connectivity index (χ1n) is 13.3. The van der Waals surface area contributed by atoms with Crippen molar-refractivity contribution >= 4 is 17.0 Å². The van der Waals surface area contributed by atoms with Gasteiger partial charge in [-0.3, -0.25) is 0 Å². The Labute approximate surface area is 242 Å². The third-order valence-corrected chi connectivity index (χ3v) is 7.18. The standard InChI is InChI=1S/C31H22F3N5O4/c32-23-9-17(14-35)1-2-20(23)16-43-31-36-7-5-26(37-31)19-4-3-18(24(33)10-19)13-28-38-29-25(34)11-21(30(40)41)12-27(29)39(28)15-22-6-8-42-22/h1-5,7,9-12,22H,6,8,13,15-16H2,(H,40,41)/t22-/m0/s1. The first kappa shape index (κ1) is 27.9. The minimum atomic E-state index is -1.27. The Bertz CT molecular complexity index is 1920. The van der Waals surface area contributed by atoms with Gasteiger partial charge in [-0.25, -0.2) is 27.9 Å². The number of fused-ring (bicyclic) bond motifs is 1. The minimum Gasteiger partial charge on any atom is -0.478 e. The molecule has 9 nitrogen and oxygen atoms in total. The molecule has 1 N–H and O–H groups in total. The van der Waals surface area contributed by atoms with Crippen LogP contribution in [0.4, 0.5) is 13.2 Å². The maximum atomic E-state index is 15.4. The highest BCUT2D eigenvalue weighted by Gasteiger charge is 2.24. The summed E-state index contributed by atoms with van der Waals surface area (Å²) in [4.78, 5) is 24.3. The molecule has 1 fully saturated rings. The quantitative estimate of drug-likeness (QED) is 0.243. The number of hydrogen-bond acceptors (Lipinski definition) is 7. The second kappa shape index (κ2) is 11.5. The number of carbonyl (C=O) groups is 1. The van der Waals surface area contributed by atoms with E-state index in [1.807, 2.05) is 6.07 Å². The number of benzene rings is 3. The van der Waals surface area contributed by atoms with E-state index in [1.54, 1.807) is 22.8 Å². The number of hydrogen-bond donors (Lipinski definition) is 1. The summed E-state index contributed by atoms with van der Waals surface area (Å²) in [6, 6.07) is 14.2. The zero-order chi connectivity index (χ0) is 30.1. The fourth-order valence-electron chi connectivity index (χ4n) is 4.79. The van der Waals surface area contributed by atoms with Crippen LogP contribution in [0.15, 0.2) is 60.8 Å². The number of rotatable bonds is 9. The summed E-state index contributed by atoms with van der Waals surface area (Å²) in [5.41, 5.74) is 1.60. The van der Waals surface area contributed by atoms with Gasteiger partial charge in [0, 0.05) is 30.4 Å². The highest BCUT2D eigenvalue weighted by atomic mass is 19.1. The monoisotopic (exact) mass is 585 g/mol. The molecule has 1 aliphatic heterocycles. The summed E-state index contributed by atoms with van der Waals surface area (Å²) in [5, 5.41) is 18.3. The molecule has 2 aromatic heterocycles. The third-order valence-electron chi connectivity index (χ3n) is 7.18. The van der Waals surface area contributed by atoms with E-state index in [0.29, 0.717) is 35.8 Å². The summed E-state index contributed by atoms with van der Waals surface area (Å²) in [5.74, 6) is -2.82. The van der Waals surface area contributed by atoms with Crippen LogP contribution < -0.4 is 4.74 Å². The van der Waals surface area contributed by atoms with Gasteiger partial charge in [0.2, 0.25) is 0 Å².